The van der Waals surface area contributed by atoms with E-state index < -0.39 is 12.0 Å². The quantitative estimate of drug-likeness (QED) is 0.770. The van der Waals surface area contributed by atoms with Gasteiger partial charge in [-0.05, 0) is 25.5 Å². The first kappa shape index (κ1) is 14.5. The molecule has 0 aliphatic carbocycles. The summed E-state index contributed by atoms with van der Waals surface area (Å²) in [5.74, 6) is 0.271. The predicted molar refractivity (Wildman–Crippen MR) is 88.3 cm³/mol. The maximum absolute atomic E-state index is 11.0. The molecule has 3 aromatic rings. The summed E-state index contributed by atoms with van der Waals surface area (Å²) in [6, 6.07) is 11.3. The molecule has 2 N–H and O–H groups in total. The van der Waals surface area contributed by atoms with Gasteiger partial charge in [0.15, 0.2) is 0 Å². The van der Waals surface area contributed by atoms with E-state index in [1.807, 2.05) is 36.4 Å². The topological polar surface area (TPSA) is 75.1 Å². The number of carboxylic acids is 1. The number of aryl methyl sites for hydroxylation is 1. The molecule has 0 aliphatic rings. The fraction of sp³-hybridized carbons (Fsp3) is 0.188. The summed E-state index contributed by atoms with van der Waals surface area (Å²) in [6.45, 7) is 3.40. The molecular formula is C16H15N3O2S. The van der Waals surface area contributed by atoms with Crippen LogP contribution in [0, 0.1) is 6.92 Å². The van der Waals surface area contributed by atoms with Crippen molar-refractivity contribution in [3.05, 3.63) is 42.2 Å². The van der Waals surface area contributed by atoms with Gasteiger partial charge in [-0.2, -0.15) is 0 Å². The van der Waals surface area contributed by atoms with Crippen molar-refractivity contribution in [2.45, 2.75) is 19.9 Å². The minimum absolute atomic E-state index is 0.566. The molecule has 112 valence electrons. The van der Waals surface area contributed by atoms with Crippen molar-refractivity contribution in [1.29, 1.82) is 0 Å². The van der Waals surface area contributed by atoms with Gasteiger partial charge < -0.3 is 10.4 Å². The van der Waals surface area contributed by atoms with Crippen LogP contribution in [-0.2, 0) is 4.79 Å². The zero-order valence-corrected chi connectivity index (χ0v) is 13.0. The molecule has 1 unspecified atom stereocenters. The number of thiophene rings is 1. The number of carboxylic acid groups (broad SMARTS) is 1. The molecule has 0 saturated carbocycles. The number of hydrogen-bond donors (Lipinski definition) is 2. The third-order valence-corrected chi connectivity index (χ3v) is 4.36. The molecular weight excluding hydrogens is 298 g/mol. The highest BCUT2D eigenvalue weighted by atomic mass is 32.1. The van der Waals surface area contributed by atoms with Crippen molar-refractivity contribution >= 4 is 33.3 Å². The Morgan fingerprint density at radius 1 is 1.27 bits per heavy atom. The van der Waals surface area contributed by atoms with Crippen molar-refractivity contribution in [2.24, 2.45) is 0 Å². The smallest absolute Gasteiger partial charge is 0.325 e. The Morgan fingerprint density at radius 3 is 2.68 bits per heavy atom. The molecule has 1 aromatic carbocycles. The maximum atomic E-state index is 11.0. The van der Waals surface area contributed by atoms with Crippen molar-refractivity contribution in [3.8, 4) is 10.4 Å². The third kappa shape index (κ3) is 2.78. The zero-order chi connectivity index (χ0) is 15.7. The molecule has 0 fully saturated rings. The number of benzene rings is 1. The average molecular weight is 313 g/mol. The minimum Gasteiger partial charge on any atom is -0.480 e. The van der Waals surface area contributed by atoms with Crippen LogP contribution < -0.4 is 5.32 Å². The van der Waals surface area contributed by atoms with Crippen LogP contribution in [0.5, 0.6) is 0 Å². The van der Waals surface area contributed by atoms with Crippen LogP contribution in [0.15, 0.2) is 36.4 Å². The molecule has 5 nitrogen and oxygen atoms in total. The highest BCUT2D eigenvalue weighted by Gasteiger charge is 2.16. The van der Waals surface area contributed by atoms with E-state index in [1.165, 1.54) is 0 Å². The molecule has 0 saturated heterocycles. The number of aromatic nitrogens is 2. The largest absolute Gasteiger partial charge is 0.480 e. The Morgan fingerprint density at radius 2 is 2.00 bits per heavy atom. The van der Waals surface area contributed by atoms with Gasteiger partial charge in [0.25, 0.3) is 0 Å². The summed E-state index contributed by atoms with van der Waals surface area (Å²) in [6.07, 6.45) is 0. The van der Waals surface area contributed by atoms with Crippen LogP contribution in [-0.4, -0.2) is 27.1 Å². The molecule has 0 bridgehead atoms. The van der Waals surface area contributed by atoms with Gasteiger partial charge in [0.2, 0.25) is 0 Å². The van der Waals surface area contributed by atoms with Crippen LogP contribution in [0.2, 0.25) is 0 Å². The van der Waals surface area contributed by atoms with Crippen LogP contribution in [0.25, 0.3) is 20.7 Å². The highest BCUT2D eigenvalue weighted by Crippen LogP contribution is 2.35. The SMILES string of the molecule is Cc1nc(NC(C)C(=O)O)c2cc(-c3ccccc3)sc2n1. The van der Waals surface area contributed by atoms with Crippen molar-refractivity contribution in [2.75, 3.05) is 5.32 Å². The fourth-order valence-electron chi connectivity index (χ4n) is 2.15. The molecule has 2 aromatic heterocycles. The number of rotatable bonds is 4. The first-order valence-electron chi connectivity index (χ1n) is 6.87. The second-order valence-electron chi connectivity index (χ2n) is 5.02. The second-order valence-corrected chi connectivity index (χ2v) is 6.05. The molecule has 6 heteroatoms. The Balaban J connectivity index is 2.09. The average Bonchev–Trinajstić information content (AvgIpc) is 2.92. The van der Waals surface area contributed by atoms with Gasteiger partial charge >= 0.3 is 5.97 Å². The summed E-state index contributed by atoms with van der Waals surface area (Å²) < 4.78 is 0. The first-order chi connectivity index (χ1) is 10.5. The van der Waals surface area contributed by atoms with Gasteiger partial charge in [0.1, 0.15) is 22.5 Å². The molecule has 2 heterocycles. The number of aliphatic carboxylic acids is 1. The predicted octanol–water partition coefficient (Wildman–Crippen LogP) is 3.55. The lowest BCUT2D eigenvalue weighted by Crippen LogP contribution is -2.26. The summed E-state index contributed by atoms with van der Waals surface area (Å²) in [5.41, 5.74) is 1.11. The monoisotopic (exact) mass is 313 g/mol. The minimum atomic E-state index is -0.914. The fourth-order valence-corrected chi connectivity index (χ4v) is 3.23. The third-order valence-electron chi connectivity index (χ3n) is 3.29. The molecule has 0 radical (unpaired) electrons. The van der Waals surface area contributed by atoms with Crippen LogP contribution in [0.3, 0.4) is 0 Å². The lowest BCUT2D eigenvalue weighted by Gasteiger charge is -2.10. The van der Waals surface area contributed by atoms with Crippen molar-refractivity contribution < 1.29 is 9.90 Å². The first-order valence-corrected chi connectivity index (χ1v) is 7.69. The Hall–Kier alpha value is -2.47. The van der Waals surface area contributed by atoms with E-state index in [2.05, 4.69) is 15.3 Å². The summed E-state index contributed by atoms with van der Waals surface area (Å²) in [4.78, 5) is 21.8. The lowest BCUT2D eigenvalue weighted by molar-refractivity contribution is -0.137. The Kier molecular flexibility index (Phi) is 3.77. The van der Waals surface area contributed by atoms with E-state index in [-0.39, 0.29) is 0 Å². The summed E-state index contributed by atoms with van der Waals surface area (Å²) >= 11 is 1.58. The lowest BCUT2D eigenvalue weighted by atomic mass is 10.2. The second kappa shape index (κ2) is 5.73. The number of hydrogen-bond acceptors (Lipinski definition) is 5. The normalized spacial score (nSPS) is 12.3. The van der Waals surface area contributed by atoms with E-state index in [0.29, 0.717) is 11.6 Å². The van der Waals surface area contributed by atoms with Gasteiger partial charge in [0.05, 0.1) is 5.39 Å². The van der Waals surface area contributed by atoms with E-state index in [1.54, 1.807) is 25.2 Å². The molecule has 0 spiro atoms. The molecule has 0 amide bonds. The summed E-state index contributed by atoms with van der Waals surface area (Å²) in [7, 11) is 0. The summed E-state index contributed by atoms with van der Waals surface area (Å²) in [5, 5.41) is 12.9. The van der Waals surface area contributed by atoms with E-state index >= 15 is 0 Å². The van der Waals surface area contributed by atoms with E-state index in [4.69, 9.17) is 5.11 Å². The molecule has 22 heavy (non-hydrogen) atoms. The van der Waals surface area contributed by atoms with Crippen LogP contribution in [0.1, 0.15) is 12.7 Å². The molecule has 0 aliphatic heterocycles. The van der Waals surface area contributed by atoms with Gasteiger partial charge in [-0.25, -0.2) is 9.97 Å². The van der Waals surface area contributed by atoms with Crippen LogP contribution in [0.4, 0.5) is 5.82 Å². The van der Waals surface area contributed by atoms with Gasteiger partial charge in [-0.1, -0.05) is 30.3 Å². The maximum Gasteiger partial charge on any atom is 0.325 e. The number of nitrogens with one attached hydrogen (secondary N) is 1. The van der Waals surface area contributed by atoms with Crippen molar-refractivity contribution in [1.82, 2.24) is 9.97 Å². The van der Waals surface area contributed by atoms with Gasteiger partial charge in [-0.15, -0.1) is 11.3 Å². The standard InChI is InChI=1S/C16H15N3O2S/c1-9(16(20)21)17-14-12-8-13(11-6-4-3-5-7-11)22-15(12)19-10(2)18-14/h3-9H,1-2H3,(H,20,21)(H,17,18,19). The Labute approximate surface area is 131 Å². The van der Waals surface area contributed by atoms with Crippen molar-refractivity contribution in [3.63, 3.8) is 0 Å². The Bertz CT molecular complexity index is 830. The number of nitrogens with zero attached hydrogens (tertiary/aromatic N) is 2. The number of fused-ring (bicyclic) bond motifs is 1. The van der Waals surface area contributed by atoms with Gasteiger partial charge in [-0.3, -0.25) is 4.79 Å². The number of anilines is 1. The molecule has 3 rings (SSSR count). The zero-order valence-electron chi connectivity index (χ0n) is 12.2. The van der Waals surface area contributed by atoms with Crippen LogP contribution >= 0.6 is 11.3 Å². The highest BCUT2D eigenvalue weighted by molar-refractivity contribution is 7.21. The van der Waals surface area contributed by atoms with E-state index in [9.17, 15) is 4.79 Å². The van der Waals surface area contributed by atoms with E-state index in [0.717, 1.165) is 20.7 Å². The number of carbonyl (C=O) groups is 1. The van der Waals surface area contributed by atoms with Gasteiger partial charge in [0, 0.05) is 4.88 Å². The molecule has 1 atom stereocenters.